The summed E-state index contributed by atoms with van der Waals surface area (Å²) in [5.74, 6) is -0.916. The summed E-state index contributed by atoms with van der Waals surface area (Å²) < 4.78 is 27.1. The number of rotatable bonds is 7. The van der Waals surface area contributed by atoms with Crippen LogP contribution >= 0.6 is 0 Å². The van der Waals surface area contributed by atoms with Gasteiger partial charge in [0.15, 0.2) is 0 Å². The van der Waals surface area contributed by atoms with E-state index in [1.54, 1.807) is 13.0 Å². The summed E-state index contributed by atoms with van der Waals surface area (Å²) in [5, 5.41) is 3.28. The molecule has 0 amide bonds. The highest BCUT2D eigenvalue weighted by Gasteiger charge is 2.16. The molecule has 1 aromatic carbocycles. The van der Waals surface area contributed by atoms with Gasteiger partial charge in [0.1, 0.15) is 11.6 Å². The van der Waals surface area contributed by atoms with Gasteiger partial charge >= 0.3 is 0 Å². The lowest BCUT2D eigenvalue weighted by Crippen LogP contribution is -2.22. The van der Waals surface area contributed by atoms with E-state index in [2.05, 4.69) is 12.2 Å². The van der Waals surface area contributed by atoms with Gasteiger partial charge in [0.05, 0.1) is 0 Å². The number of hydrogen-bond donors (Lipinski definition) is 1. The molecule has 1 rings (SSSR count). The van der Waals surface area contributed by atoms with Crippen molar-refractivity contribution in [3.63, 3.8) is 0 Å². The zero-order chi connectivity index (χ0) is 13.5. The van der Waals surface area contributed by atoms with Crippen molar-refractivity contribution in [1.82, 2.24) is 5.32 Å². The van der Waals surface area contributed by atoms with Crippen LogP contribution in [0.2, 0.25) is 0 Å². The molecule has 0 bridgehead atoms. The van der Waals surface area contributed by atoms with Crippen LogP contribution in [0.3, 0.4) is 0 Å². The molecule has 0 saturated heterocycles. The van der Waals surface area contributed by atoms with Crippen molar-refractivity contribution in [1.29, 1.82) is 0 Å². The fourth-order valence-corrected chi connectivity index (χ4v) is 2.16. The first kappa shape index (κ1) is 15.1. The van der Waals surface area contributed by atoms with Crippen LogP contribution in [0.15, 0.2) is 12.1 Å². The number of halogens is 2. The third-order valence-electron chi connectivity index (χ3n) is 3.20. The summed E-state index contributed by atoms with van der Waals surface area (Å²) in [5.41, 5.74) is 1.09. The Labute approximate surface area is 109 Å². The third kappa shape index (κ3) is 4.05. The maximum absolute atomic E-state index is 13.8. The standard InChI is InChI=1S/C15H23F2N/c1-4-6-7-8-15(18-5-2)12-9-11(3)13(16)10-14(12)17/h9-10,15,18H,4-8H2,1-3H3. The summed E-state index contributed by atoms with van der Waals surface area (Å²) in [7, 11) is 0. The Morgan fingerprint density at radius 2 is 1.83 bits per heavy atom. The highest BCUT2D eigenvalue weighted by molar-refractivity contribution is 5.28. The molecule has 1 N–H and O–H groups in total. The lowest BCUT2D eigenvalue weighted by atomic mass is 9.98. The molecular formula is C15H23F2N. The number of nitrogens with one attached hydrogen (secondary N) is 1. The largest absolute Gasteiger partial charge is 0.310 e. The fraction of sp³-hybridized carbons (Fsp3) is 0.600. The molecule has 1 atom stereocenters. The molecule has 0 spiro atoms. The fourth-order valence-electron chi connectivity index (χ4n) is 2.16. The van der Waals surface area contributed by atoms with E-state index >= 15 is 0 Å². The van der Waals surface area contributed by atoms with Gasteiger partial charge < -0.3 is 5.32 Å². The predicted octanol–water partition coefficient (Wildman–Crippen LogP) is 4.50. The molecule has 0 aliphatic rings. The van der Waals surface area contributed by atoms with E-state index in [-0.39, 0.29) is 6.04 Å². The number of aryl methyl sites for hydroxylation is 1. The van der Waals surface area contributed by atoms with Gasteiger partial charge in [0.2, 0.25) is 0 Å². The van der Waals surface area contributed by atoms with Crippen LogP contribution in [-0.4, -0.2) is 6.54 Å². The molecule has 102 valence electrons. The SMILES string of the molecule is CCCCCC(NCC)c1cc(C)c(F)cc1F. The Bertz CT molecular complexity index is 377. The Morgan fingerprint density at radius 3 is 2.44 bits per heavy atom. The van der Waals surface area contributed by atoms with Gasteiger partial charge in [0, 0.05) is 17.7 Å². The normalized spacial score (nSPS) is 12.7. The molecule has 0 radical (unpaired) electrons. The van der Waals surface area contributed by atoms with E-state index < -0.39 is 11.6 Å². The minimum absolute atomic E-state index is 0.0131. The van der Waals surface area contributed by atoms with Crippen molar-refractivity contribution < 1.29 is 8.78 Å². The van der Waals surface area contributed by atoms with Crippen molar-refractivity contribution in [3.05, 3.63) is 34.9 Å². The van der Waals surface area contributed by atoms with Crippen LogP contribution in [0.1, 0.15) is 56.7 Å². The summed E-state index contributed by atoms with van der Waals surface area (Å²) in [6.45, 7) is 6.60. The Balaban J connectivity index is 2.87. The molecule has 1 aromatic rings. The first-order valence-electron chi connectivity index (χ1n) is 6.79. The molecular weight excluding hydrogens is 232 g/mol. The van der Waals surface area contributed by atoms with Crippen molar-refractivity contribution in [2.75, 3.05) is 6.54 Å². The number of unbranched alkanes of at least 4 members (excludes halogenated alkanes) is 2. The van der Waals surface area contributed by atoms with Crippen LogP contribution in [0.4, 0.5) is 8.78 Å². The molecule has 0 fully saturated rings. The average Bonchev–Trinajstić information content (AvgIpc) is 2.33. The second kappa shape index (κ2) is 7.47. The zero-order valence-corrected chi connectivity index (χ0v) is 11.5. The number of hydrogen-bond acceptors (Lipinski definition) is 1. The monoisotopic (exact) mass is 255 g/mol. The predicted molar refractivity (Wildman–Crippen MR) is 71.7 cm³/mol. The molecule has 3 heteroatoms. The molecule has 1 unspecified atom stereocenters. The van der Waals surface area contributed by atoms with Gasteiger partial charge in [-0.1, -0.05) is 33.1 Å². The van der Waals surface area contributed by atoms with Gasteiger partial charge in [0.25, 0.3) is 0 Å². The van der Waals surface area contributed by atoms with E-state index in [0.29, 0.717) is 11.1 Å². The number of benzene rings is 1. The molecule has 0 aliphatic heterocycles. The maximum Gasteiger partial charge on any atom is 0.130 e. The Morgan fingerprint density at radius 1 is 1.11 bits per heavy atom. The van der Waals surface area contributed by atoms with Crippen molar-refractivity contribution >= 4 is 0 Å². The molecule has 0 aliphatic carbocycles. The summed E-state index contributed by atoms with van der Waals surface area (Å²) in [6, 6.07) is 2.61. The minimum Gasteiger partial charge on any atom is -0.310 e. The van der Waals surface area contributed by atoms with Gasteiger partial charge in [-0.05, 0) is 31.5 Å². The summed E-state index contributed by atoms with van der Waals surface area (Å²) >= 11 is 0. The van der Waals surface area contributed by atoms with Gasteiger partial charge in [-0.25, -0.2) is 8.78 Å². The van der Waals surface area contributed by atoms with Crippen LogP contribution in [0.25, 0.3) is 0 Å². The van der Waals surface area contributed by atoms with Crippen molar-refractivity contribution in [2.45, 2.75) is 52.5 Å². The molecule has 1 nitrogen and oxygen atoms in total. The Kier molecular flexibility index (Phi) is 6.27. The summed E-state index contributed by atoms with van der Waals surface area (Å²) in [6.07, 6.45) is 4.24. The van der Waals surface area contributed by atoms with Crippen LogP contribution in [-0.2, 0) is 0 Å². The lowest BCUT2D eigenvalue weighted by molar-refractivity contribution is 0.460. The highest BCUT2D eigenvalue weighted by Crippen LogP contribution is 2.25. The van der Waals surface area contributed by atoms with Crippen LogP contribution < -0.4 is 5.32 Å². The van der Waals surface area contributed by atoms with E-state index in [4.69, 9.17) is 0 Å². The quantitative estimate of drug-likeness (QED) is 0.707. The van der Waals surface area contributed by atoms with Crippen LogP contribution in [0.5, 0.6) is 0 Å². The van der Waals surface area contributed by atoms with Crippen LogP contribution in [0, 0.1) is 18.6 Å². The van der Waals surface area contributed by atoms with Gasteiger partial charge in [-0.2, -0.15) is 0 Å². The Hall–Kier alpha value is -0.960. The smallest absolute Gasteiger partial charge is 0.130 e. The van der Waals surface area contributed by atoms with Gasteiger partial charge in [-0.15, -0.1) is 0 Å². The second-order valence-electron chi connectivity index (χ2n) is 4.73. The topological polar surface area (TPSA) is 12.0 Å². The minimum atomic E-state index is -0.472. The van der Waals surface area contributed by atoms with E-state index in [1.807, 2.05) is 6.92 Å². The van der Waals surface area contributed by atoms with E-state index in [1.165, 1.54) is 0 Å². The van der Waals surface area contributed by atoms with E-state index in [9.17, 15) is 8.78 Å². The first-order chi connectivity index (χ1) is 8.60. The molecule has 18 heavy (non-hydrogen) atoms. The van der Waals surface area contributed by atoms with Gasteiger partial charge in [-0.3, -0.25) is 0 Å². The maximum atomic E-state index is 13.8. The molecule has 0 aromatic heterocycles. The van der Waals surface area contributed by atoms with Crippen molar-refractivity contribution in [3.8, 4) is 0 Å². The highest BCUT2D eigenvalue weighted by atomic mass is 19.1. The zero-order valence-electron chi connectivity index (χ0n) is 11.5. The first-order valence-corrected chi connectivity index (χ1v) is 6.79. The van der Waals surface area contributed by atoms with Crippen molar-refractivity contribution in [2.24, 2.45) is 0 Å². The molecule has 0 saturated carbocycles. The third-order valence-corrected chi connectivity index (χ3v) is 3.20. The average molecular weight is 255 g/mol. The van der Waals surface area contributed by atoms with E-state index in [0.717, 1.165) is 38.3 Å². The summed E-state index contributed by atoms with van der Waals surface area (Å²) in [4.78, 5) is 0. The lowest BCUT2D eigenvalue weighted by Gasteiger charge is -2.19. The molecule has 0 heterocycles. The second-order valence-corrected chi connectivity index (χ2v) is 4.73.